The fourth-order valence-corrected chi connectivity index (χ4v) is 4.74. The summed E-state index contributed by atoms with van der Waals surface area (Å²) in [5.41, 5.74) is 0.916. The third-order valence-electron chi connectivity index (χ3n) is 6.03. The van der Waals surface area contributed by atoms with E-state index in [4.69, 9.17) is 4.74 Å². The molecule has 0 spiro atoms. The van der Waals surface area contributed by atoms with Crippen molar-refractivity contribution < 1.29 is 19.1 Å². The third-order valence-corrected chi connectivity index (χ3v) is 6.67. The largest absolute Gasteiger partial charge is 0.444 e. The summed E-state index contributed by atoms with van der Waals surface area (Å²) in [5.74, 6) is -0.188. The van der Waals surface area contributed by atoms with Crippen molar-refractivity contribution >= 4 is 29.7 Å². The minimum atomic E-state index is -0.989. The van der Waals surface area contributed by atoms with E-state index in [0.717, 1.165) is 37.7 Å². The maximum Gasteiger partial charge on any atom is 0.408 e. The average Bonchev–Trinajstić information content (AvgIpc) is 2.81. The maximum atomic E-state index is 13.8. The predicted octanol–water partition coefficient (Wildman–Crippen LogP) is 4.48. The first kappa shape index (κ1) is 29.5. The van der Waals surface area contributed by atoms with Gasteiger partial charge in [0.15, 0.2) is 0 Å². The number of benzene rings is 1. The molecule has 1 saturated carbocycles. The van der Waals surface area contributed by atoms with Crippen LogP contribution in [0.3, 0.4) is 0 Å². The minimum Gasteiger partial charge on any atom is -0.444 e. The van der Waals surface area contributed by atoms with E-state index in [9.17, 15) is 19.6 Å². The lowest BCUT2D eigenvalue weighted by atomic mass is 9.94. The second kappa shape index (κ2) is 14.1. The Bertz CT molecular complexity index is 917. The van der Waals surface area contributed by atoms with Crippen molar-refractivity contribution in [1.82, 2.24) is 15.5 Å². The van der Waals surface area contributed by atoms with Crippen LogP contribution >= 0.6 is 11.8 Å². The summed E-state index contributed by atoms with van der Waals surface area (Å²) < 4.78 is 5.37. The molecule has 2 rings (SSSR count). The molecule has 3 amide bonds. The summed E-state index contributed by atoms with van der Waals surface area (Å²) in [6.45, 7) is 6.90. The molecule has 0 heterocycles. The average molecular weight is 517 g/mol. The second-order valence-corrected chi connectivity index (χ2v) is 11.2. The van der Waals surface area contributed by atoms with Gasteiger partial charge >= 0.3 is 6.09 Å². The van der Waals surface area contributed by atoms with E-state index in [2.05, 4.69) is 10.6 Å². The topological polar surface area (TPSA) is 112 Å². The summed E-state index contributed by atoms with van der Waals surface area (Å²) in [6, 6.07) is 7.57. The zero-order valence-electron chi connectivity index (χ0n) is 22.1. The van der Waals surface area contributed by atoms with Gasteiger partial charge in [-0.3, -0.25) is 9.59 Å². The number of nitriles is 1. The van der Waals surface area contributed by atoms with Crippen molar-refractivity contribution in [2.24, 2.45) is 0 Å². The van der Waals surface area contributed by atoms with Crippen molar-refractivity contribution in [2.45, 2.75) is 89.9 Å². The van der Waals surface area contributed by atoms with Crippen LogP contribution in [-0.2, 0) is 14.3 Å². The van der Waals surface area contributed by atoms with Crippen LogP contribution in [0.5, 0.6) is 0 Å². The zero-order valence-corrected chi connectivity index (χ0v) is 23.0. The number of alkyl carbamates (subject to hydrolysis) is 1. The summed E-state index contributed by atoms with van der Waals surface area (Å²) in [5, 5.41) is 15.4. The first-order valence-electron chi connectivity index (χ1n) is 12.6. The van der Waals surface area contributed by atoms with E-state index in [1.165, 1.54) is 4.90 Å². The number of hydrogen-bond donors (Lipinski definition) is 2. The molecule has 2 unspecified atom stereocenters. The van der Waals surface area contributed by atoms with Crippen LogP contribution in [-0.4, -0.2) is 59.0 Å². The van der Waals surface area contributed by atoms with Gasteiger partial charge in [-0.1, -0.05) is 49.1 Å². The van der Waals surface area contributed by atoms with Gasteiger partial charge in [-0.05, 0) is 64.5 Å². The standard InChI is InChI=1S/C27H40N4O4S/c1-19-11-13-20(14-12-19)23(24(32)29-21-9-7-6-8-10-21)31(17-16-28)25(33)22(15-18-36-5)30-26(34)35-27(2,3)4/h11-14,21-23H,6-10,15,17-18H2,1-5H3,(H,29,32)(H,30,34). The highest BCUT2D eigenvalue weighted by Gasteiger charge is 2.36. The van der Waals surface area contributed by atoms with Gasteiger partial charge in [0, 0.05) is 6.04 Å². The Morgan fingerprint density at radius 3 is 2.36 bits per heavy atom. The van der Waals surface area contributed by atoms with Crippen LogP contribution in [0.15, 0.2) is 24.3 Å². The summed E-state index contributed by atoms with van der Waals surface area (Å²) in [4.78, 5) is 41.3. The number of nitrogens with zero attached hydrogens (tertiary/aromatic N) is 2. The molecule has 0 aromatic heterocycles. The van der Waals surface area contributed by atoms with Crippen molar-refractivity contribution in [1.29, 1.82) is 5.26 Å². The van der Waals surface area contributed by atoms with Crippen LogP contribution in [0.2, 0.25) is 0 Å². The smallest absolute Gasteiger partial charge is 0.408 e. The number of nitrogens with one attached hydrogen (secondary N) is 2. The lowest BCUT2D eigenvalue weighted by molar-refractivity contribution is -0.142. The fourth-order valence-electron chi connectivity index (χ4n) is 4.26. The predicted molar refractivity (Wildman–Crippen MR) is 142 cm³/mol. The zero-order chi connectivity index (χ0) is 26.7. The SMILES string of the molecule is CSCCC(NC(=O)OC(C)(C)C)C(=O)N(CC#N)C(C(=O)NC1CCCCC1)c1ccc(C)cc1. The normalized spacial score (nSPS) is 15.8. The van der Waals surface area contributed by atoms with Gasteiger partial charge in [0.2, 0.25) is 11.8 Å². The number of ether oxygens (including phenoxy) is 1. The second-order valence-electron chi connectivity index (χ2n) is 10.3. The number of amides is 3. The molecule has 36 heavy (non-hydrogen) atoms. The molecule has 2 N–H and O–H groups in total. The summed E-state index contributed by atoms with van der Waals surface area (Å²) in [7, 11) is 0. The molecule has 1 fully saturated rings. The van der Waals surface area contributed by atoms with Crippen LogP contribution in [0.1, 0.15) is 76.5 Å². The van der Waals surface area contributed by atoms with Crippen LogP contribution < -0.4 is 10.6 Å². The number of thioether (sulfide) groups is 1. The van der Waals surface area contributed by atoms with E-state index in [1.54, 1.807) is 32.5 Å². The molecular weight excluding hydrogens is 476 g/mol. The summed E-state index contributed by atoms with van der Waals surface area (Å²) in [6.07, 6.45) is 6.60. The monoisotopic (exact) mass is 516 g/mol. The Balaban J connectivity index is 2.39. The molecular formula is C27H40N4O4S. The lowest BCUT2D eigenvalue weighted by Crippen LogP contribution is -2.54. The number of hydrogen-bond acceptors (Lipinski definition) is 6. The van der Waals surface area contributed by atoms with Gasteiger partial charge in [-0.2, -0.15) is 17.0 Å². The van der Waals surface area contributed by atoms with Crippen molar-refractivity contribution in [3.8, 4) is 6.07 Å². The highest BCUT2D eigenvalue weighted by atomic mass is 32.2. The number of carbonyl (C=O) groups excluding carboxylic acids is 3. The van der Waals surface area contributed by atoms with Crippen LogP contribution in [0.4, 0.5) is 4.79 Å². The van der Waals surface area contributed by atoms with Gasteiger partial charge in [0.05, 0.1) is 6.07 Å². The first-order valence-corrected chi connectivity index (χ1v) is 14.0. The third kappa shape index (κ3) is 9.38. The minimum absolute atomic E-state index is 0.0467. The van der Waals surface area contributed by atoms with Gasteiger partial charge < -0.3 is 20.3 Å². The molecule has 1 aromatic carbocycles. The Morgan fingerprint density at radius 1 is 1.17 bits per heavy atom. The van der Waals surface area contributed by atoms with Gasteiger partial charge in [-0.25, -0.2) is 4.79 Å². The highest BCUT2D eigenvalue weighted by molar-refractivity contribution is 7.98. The Kier molecular flexibility index (Phi) is 11.6. The fraction of sp³-hybridized carbons (Fsp3) is 0.630. The highest BCUT2D eigenvalue weighted by Crippen LogP contribution is 2.25. The van der Waals surface area contributed by atoms with Crippen molar-refractivity contribution in [3.63, 3.8) is 0 Å². The maximum absolute atomic E-state index is 13.8. The first-order chi connectivity index (χ1) is 17.1. The van der Waals surface area contributed by atoms with E-state index in [1.807, 2.05) is 43.5 Å². The molecule has 2 atom stereocenters. The van der Waals surface area contributed by atoms with E-state index < -0.39 is 29.7 Å². The molecule has 0 aliphatic heterocycles. The number of aryl methyl sites for hydroxylation is 1. The van der Waals surface area contributed by atoms with Gasteiger partial charge in [0.1, 0.15) is 24.2 Å². The van der Waals surface area contributed by atoms with E-state index >= 15 is 0 Å². The molecule has 1 aromatic rings. The van der Waals surface area contributed by atoms with Gasteiger partial charge in [-0.15, -0.1) is 0 Å². The van der Waals surface area contributed by atoms with Crippen molar-refractivity contribution in [2.75, 3.05) is 18.6 Å². The lowest BCUT2D eigenvalue weighted by Gasteiger charge is -2.34. The van der Waals surface area contributed by atoms with E-state index in [0.29, 0.717) is 17.7 Å². The summed E-state index contributed by atoms with van der Waals surface area (Å²) >= 11 is 1.54. The number of carbonyl (C=O) groups is 3. The van der Waals surface area contributed by atoms with Gasteiger partial charge in [0.25, 0.3) is 0 Å². The Morgan fingerprint density at radius 2 is 1.81 bits per heavy atom. The molecule has 8 nitrogen and oxygen atoms in total. The molecule has 0 radical (unpaired) electrons. The van der Waals surface area contributed by atoms with E-state index in [-0.39, 0.29) is 18.5 Å². The molecule has 198 valence electrons. The molecule has 1 aliphatic carbocycles. The van der Waals surface area contributed by atoms with Crippen LogP contribution in [0, 0.1) is 18.3 Å². The Labute approximate surface area is 219 Å². The Hall–Kier alpha value is -2.73. The molecule has 1 aliphatic rings. The van der Waals surface area contributed by atoms with Crippen LogP contribution in [0.25, 0.3) is 0 Å². The van der Waals surface area contributed by atoms with Crippen molar-refractivity contribution in [3.05, 3.63) is 35.4 Å². The molecule has 0 bridgehead atoms. The quantitative estimate of drug-likeness (QED) is 0.444. The molecule has 0 saturated heterocycles. The molecule has 9 heteroatoms. The number of rotatable bonds is 10.